The monoisotopic (exact) mass is 210 g/mol. The lowest BCUT2D eigenvalue weighted by molar-refractivity contribution is 0.338. The minimum atomic E-state index is 0.407. The molecule has 11 heavy (non-hydrogen) atoms. The molecule has 4 unspecified atom stereocenters. The Hall–Kier alpha value is 0.930. The topological polar surface area (TPSA) is 0 Å². The van der Waals surface area contributed by atoms with Crippen molar-refractivity contribution in [3.8, 4) is 0 Å². The molecule has 0 N–H and O–H groups in total. The van der Waals surface area contributed by atoms with Crippen molar-refractivity contribution in [3.63, 3.8) is 0 Å². The molecule has 0 aromatic carbocycles. The Labute approximate surface area is 82.0 Å². The highest BCUT2D eigenvalue weighted by Gasteiger charge is 2.37. The smallest absolute Gasteiger partial charge is 0.0376 e. The van der Waals surface area contributed by atoms with Crippen LogP contribution >= 0.6 is 35.0 Å². The molecule has 0 aromatic heterocycles. The second-order valence-corrected chi connectivity index (χ2v) is 5.76. The van der Waals surface area contributed by atoms with Crippen LogP contribution in [0.5, 0.6) is 0 Å². The van der Waals surface area contributed by atoms with E-state index in [0.29, 0.717) is 22.6 Å². The molecule has 2 saturated heterocycles. The molecule has 2 aliphatic heterocycles. The molecular formula is C8H12Cl2S. The van der Waals surface area contributed by atoms with E-state index >= 15 is 0 Å². The molecule has 1 aliphatic carbocycles. The first kappa shape index (κ1) is 8.52. The van der Waals surface area contributed by atoms with Gasteiger partial charge in [-0.15, -0.1) is 23.2 Å². The van der Waals surface area contributed by atoms with Gasteiger partial charge in [0.2, 0.25) is 0 Å². The molecule has 2 bridgehead atoms. The molecular weight excluding hydrogens is 199 g/mol. The molecule has 1 saturated carbocycles. The number of thioether (sulfide) groups is 1. The molecule has 3 aliphatic rings. The zero-order valence-electron chi connectivity index (χ0n) is 6.30. The summed E-state index contributed by atoms with van der Waals surface area (Å²) in [5.74, 6) is 3.83. The van der Waals surface area contributed by atoms with E-state index in [9.17, 15) is 0 Å². The van der Waals surface area contributed by atoms with Crippen LogP contribution in [0.25, 0.3) is 0 Å². The SMILES string of the molecule is ClC1CC2CSCC1CC2Cl. The van der Waals surface area contributed by atoms with E-state index in [1.807, 2.05) is 11.8 Å². The van der Waals surface area contributed by atoms with Crippen molar-refractivity contribution in [1.29, 1.82) is 0 Å². The summed E-state index contributed by atoms with van der Waals surface area (Å²) in [7, 11) is 0. The van der Waals surface area contributed by atoms with Gasteiger partial charge in [-0.25, -0.2) is 0 Å². The summed E-state index contributed by atoms with van der Waals surface area (Å²) in [6, 6.07) is 0. The van der Waals surface area contributed by atoms with Gasteiger partial charge in [-0.3, -0.25) is 0 Å². The van der Waals surface area contributed by atoms with Crippen molar-refractivity contribution < 1.29 is 0 Å². The fourth-order valence-electron chi connectivity index (χ4n) is 1.97. The van der Waals surface area contributed by atoms with Gasteiger partial charge >= 0.3 is 0 Å². The number of fused-ring (bicyclic) bond motifs is 4. The fraction of sp³-hybridized carbons (Fsp3) is 1.00. The number of hydrogen-bond donors (Lipinski definition) is 0. The minimum absolute atomic E-state index is 0.407. The van der Waals surface area contributed by atoms with E-state index in [4.69, 9.17) is 23.2 Å². The Balaban J connectivity index is 2.12. The van der Waals surface area contributed by atoms with Crippen LogP contribution in [0, 0.1) is 11.8 Å². The number of rotatable bonds is 0. The molecule has 0 nitrogen and oxygen atoms in total. The summed E-state index contributed by atoms with van der Waals surface area (Å²) in [5, 5.41) is 0.815. The first-order chi connectivity index (χ1) is 5.27. The summed E-state index contributed by atoms with van der Waals surface area (Å²) in [6.45, 7) is 0. The lowest BCUT2D eigenvalue weighted by atomic mass is 9.83. The zero-order valence-corrected chi connectivity index (χ0v) is 8.63. The molecule has 3 rings (SSSR count). The molecule has 0 radical (unpaired) electrons. The lowest BCUT2D eigenvalue weighted by Gasteiger charge is -2.31. The maximum Gasteiger partial charge on any atom is 0.0376 e. The van der Waals surface area contributed by atoms with Gasteiger partial charge in [-0.2, -0.15) is 11.8 Å². The van der Waals surface area contributed by atoms with E-state index in [0.717, 1.165) is 12.8 Å². The van der Waals surface area contributed by atoms with Crippen LogP contribution in [-0.2, 0) is 0 Å². The summed E-state index contributed by atoms with van der Waals surface area (Å²) in [5.41, 5.74) is 0. The Kier molecular flexibility index (Phi) is 2.60. The van der Waals surface area contributed by atoms with Gasteiger partial charge in [0.25, 0.3) is 0 Å². The second kappa shape index (κ2) is 3.35. The maximum absolute atomic E-state index is 6.21. The Bertz CT molecular complexity index is 135. The van der Waals surface area contributed by atoms with Gasteiger partial charge in [-0.1, -0.05) is 0 Å². The van der Waals surface area contributed by atoms with E-state index in [2.05, 4.69) is 0 Å². The predicted octanol–water partition coefficient (Wildman–Crippen LogP) is 2.97. The zero-order chi connectivity index (χ0) is 7.84. The van der Waals surface area contributed by atoms with Crippen molar-refractivity contribution in [2.75, 3.05) is 11.5 Å². The second-order valence-electron chi connectivity index (χ2n) is 3.56. The molecule has 4 atom stereocenters. The van der Waals surface area contributed by atoms with Gasteiger partial charge < -0.3 is 0 Å². The van der Waals surface area contributed by atoms with Crippen LogP contribution in [0.3, 0.4) is 0 Å². The lowest BCUT2D eigenvalue weighted by Crippen LogP contribution is -2.32. The Morgan fingerprint density at radius 3 is 1.82 bits per heavy atom. The van der Waals surface area contributed by atoms with Crippen molar-refractivity contribution >= 4 is 35.0 Å². The highest BCUT2D eigenvalue weighted by atomic mass is 35.5. The highest BCUT2D eigenvalue weighted by molar-refractivity contribution is 7.99. The van der Waals surface area contributed by atoms with Gasteiger partial charge in [0.15, 0.2) is 0 Å². The number of hydrogen-bond acceptors (Lipinski definition) is 1. The summed E-state index contributed by atoms with van der Waals surface area (Å²) in [6.07, 6.45) is 2.29. The first-order valence-corrected chi connectivity index (χ1v) is 6.16. The average Bonchev–Trinajstić information content (AvgIpc) is 2.21. The third-order valence-corrected chi connectivity index (χ3v) is 5.14. The largest absolute Gasteiger partial charge is 0.161 e. The van der Waals surface area contributed by atoms with Crippen molar-refractivity contribution in [2.24, 2.45) is 11.8 Å². The first-order valence-electron chi connectivity index (χ1n) is 4.13. The fourth-order valence-corrected chi connectivity index (χ4v) is 4.51. The van der Waals surface area contributed by atoms with E-state index in [1.54, 1.807) is 0 Å². The maximum atomic E-state index is 6.21. The van der Waals surface area contributed by atoms with Crippen LogP contribution in [-0.4, -0.2) is 22.3 Å². The van der Waals surface area contributed by atoms with Gasteiger partial charge in [0.1, 0.15) is 0 Å². The predicted molar refractivity (Wildman–Crippen MR) is 52.8 cm³/mol. The third kappa shape index (κ3) is 1.66. The third-order valence-electron chi connectivity index (χ3n) is 2.74. The molecule has 64 valence electrons. The molecule has 0 aromatic rings. The van der Waals surface area contributed by atoms with Gasteiger partial charge in [0.05, 0.1) is 0 Å². The molecule has 3 heteroatoms. The number of halogens is 2. The van der Waals surface area contributed by atoms with Crippen LogP contribution in [0.2, 0.25) is 0 Å². The summed E-state index contributed by atoms with van der Waals surface area (Å²) in [4.78, 5) is 0. The molecule has 2 heterocycles. The van der Waals surface area contributed by atoms with Crippen LogP contribution < -0.4 is 0 Å². The normalized spacial score (nSPS) is 50.7. The van der Waals surface area contributed by atoms with Gasteiger partial charge in [-0.05, 0) is 36.2 Å². The Morgan fingerprint density at radius 1 is 0.909 bits per heavy atom. The summed E-state index contributed by atoms with van der Waals surface area (Å²) >= 11 is 14.5. The van der Waals surface area contributed by atoms with Gasteiger partial charge in [0, 0.05) is 10.8 Å². The van der Waals surface area contributed by atoms with E-state index in [1.165, 1.54) is 11.5 Å². The molecule has 0 spiro atoms. The van der Waals surface area contributed by atoms with E-state index in [-0.39, 0.29) is 0 Å². The van der Waals surface area contributed by atoms with Crippen LogP contribution in [0.4, 0.5) is 0 Å². The standard InChI is InChI=1S/C8H12Cl2S/c9-7-1-5-3-11-4-6(7)2-8(5)10/h5-8H,1-4H2. The highest BCUT2D eigenvalue weighted by Crippen LogP contribution is 2.42. The van der Waals surface area contributed by atoms with Crippen LogP contribution in [0.1, 0.15) is 12.8 Å². The summed E-state index contributed by atoms with van der Waals surface area (Å²) < 4.78 is 0. The quantitative estimate of drug-likeness (QED) is 0.555. The molecule has 0 amide bonds. The van der Waals surface area contributed by atoms with E-state index < -0.39 is 0 Å². The Morgan fingerprint density at radius 2 is 1.36 bits per heavy atom. The average molecular weight is 211 g/mol. The minimum Gasteiger partial charge on any atom is -0.161 e. The number of alkyl halides is 2. The van der Waals surface area contributed by atoms with Crippen molar-refractivity contribution in [3.05, 3.63) is 0 Å². The van der Waals surface area contributed by atoms with Crippen LogP contribution in [0.15, 0.2) is 0 Å². The molecule has 3 fully saturated rings. The van der Waals surface area contributed by atoms with Crippen molar-refractivity contribution in [1.82, 2.24) is 0 Å². The van der Waals surface area contributed by atoms with Crippen molar-refractivity contribution in [2.45, 2.75) is 23.6 Å².